The maximum Gasteiger partial charge on any atom is 0.261 e. The van der Waals surface area contributed by atoms with Crippen molar-refractivity contribution in [2.75, 3.05) is 13.2 Å². The molecule has 0 heterocycles. The first-order valence-electron chi connectivity index (χ1n) is 10.6. The normalized spacial score (nSPS) is 14.1. The van der Waals surface area contributed by atoms with E-state index in [0.29, 0.717) is 18.4 Å². The van der Waals surface area contributed by atoms with Crippen LogP contribution in [0.3, 0.4) is 0 Å². The molecule has 0 amide bonds. The van der Waals surface area contributed by atoms with Crippen LogP contribution in [0.15, 0.2) is 65.8 Å². The molecular weight excluding hydrogens is 374 g/mol. The van der Waals surface area contributed by atoms with Crippen LogP contribution in [0.4, 0.5) is 0 Å². The van der Waals surface area contributed by atoms with Gasteiger partial charge in [-0.15, -0.1) is 0 Å². The van der Waals surface area contributed by atoms with E-state index in [1.54, 1.807) is 0 Å². The summed E-state index contributed by atoms with van der Waals surface area (Å²) in [6, 6.07) is 21.6. The van der Waals surface area contributed by atoms with Crippen molar-refractivity contribution in [1.82, 2.24) is 0 Å². The number of hydrogen-bond donors (Lipinski definition) is 0. The first kappa shape index (κ1) is 23.2. The minimum absolute atomic E-state index is 0.00253. The smallest absolute Gasteiger partial charge is 0.261 e. The number of hydrogen-bond acceptors (Lipinski definition) is 2. The Kier molecular flexibility index (Phi) is 8.51. The minimum Gasteiger partial charge on any atom is -0.407 e. The van der Waals surface area contributed by atoms with Crippen molar-refractivity contribution in [3.8, 4) is 0 Å². The van der Waals surface area contributed by atoms with Crippen LogP contribution in [0.2, 0.25) is 5.04 Å². The molecule has 0 saturated heterocycles. The third-order valence-electron chi connectivity index (χ3n) is 5.59. The van der Waals surface area contributed by atoms with Gasteiger partial charge in [-0.2, -0.15) is 0 Å². The van der Waals surface area contributed by atoms with Crippen molar-refractivity contribution in [1.29, 1.82) is 0 Å². The van der Waals surface area contributed by atoms with E-state index in [0.717, 1.165) is 19.4 Å². The highest BCUT2D eigenvalue weighted by Gasteiger charge is 2.50. The average molecular weight is 410 g/mol. The molecule has 0 aromatic heterocycles. The standard InChI is InChI=1S/C24H35N3OSi/c1-20(16-17-26-27-25)18-21(2)19-28-29(24(3,4)5,22-12-8-6-9-13-22)23-14-10-7-11-15-23/h6-15,20-21H,16-19H2,1-5H3/t20-,21+/m1/s1. The van der Waals surface area contributed by atoms with Gasteiger partial charge >= 0.3 is 0 Å². The molecule has 0 aliphatic heterocycles. The Morgan fingerprint density at radius 1 is 0.931 bits per heavy atom. The quantitative estimate of drug-likeness (QED) is 0.208. The van der Waals surface area contributed by atoms with E-state index in [1.165, 1.54) is 10.4 Å². The largest absolute Gasteiger partial charge is 0.407 e. The maximum absolute atomic E-state index is 8.47. The second-order valence-corrected chi connectivity index (χ2v) is 13.5. The van der Waals surface area contributed by atoms with Crippen molar-refractivity contribution in [3.63, 3.8) is 0 Å². The van der Waals surface area contributed by atoms with E-state index in [1.807, 2.05) is 0 Å². The van der Waals surface area contributed by atoms with Gasteiger partial charge in [0, 0.05) is 18.1 Å². The average Bonchev–Trinajstić information content (AvgIpc) is 2.69. The second-order valence-electron chi connectivity index (χ2n) is 9.16. The summed E-state index contributed by atoms with van der Waals surface area (Å²) in [5.41, 5.74) is 8.47. The Labute approximate surface area is 177 Å². The lowest BCUT2D eigenvalue weighted by Crippen LogP contribution is -2.66. The molecule has 0 N–H and O–H groups in total. The van der Waals surface area contributed by atoms with Gasteiger partial charge in [-0.1, -0.05) is 100 Å². The highest BCUT2D eigenvalue weighted by atomic mass is 28.4. The monoisotopic (exact) mass is 409 g/mol. The molecule has 0 unspecified atom stereocenters. The van der Waals surface area contributed by atoms with Gasteiger partial charge in [0.05, 0.1) is 0 Å². The Balaban J connectivity index is 2.28. The molecule has 0 fully saturated rings. The third-order valence-corrected chi connectivity index (χ3v) is 10.6. The van der Waals surface area contributed by atoms with Crippen molar-refractivity contribution < 1.29 is 4.43 Å². The first-order valence-corrected chi connectivity index (χ1v) is 12.5. The van der Waals surface area contributed by atoms with Gasteiger partial charge in [0.1, 0.15) is 0 Å². The van der Waals surface area contributed by atoms with E-state index in [4.69, 9.17) is 9.96 Å². The SMILES string of the molecule is C[C@H](CCN=[N+]=[N-])C[C@H](C)CO[Si](c1ccccc1)(c1ccccc1)C(C)(C)C. The fourth-order valence-corrected chi connectivity index (χ4v) is 8.91. The van der Waals surface area contributed by atoms with Gasteiger partial charge in [0.25, 0.3) is 8.32 Å². The Bertz CT molecular complexity index is 743. The second kappa shape index (κ2) is 10.6. The number of nitrogens with zero attached hydrogens (tertiary/aromatic N) is 3. The summed E-state index contributed by atoms with van der Waals surface area (Å²) in [4.78, 5) is 2.86. The van der Waals surface area contributed by atoms with Crippen LogP contribution >= 0.6 is 0 Å². The zero-order valence-corrected chi connectivity index (χ0v) is 19.5. The van der Waals surface area contributed by atoms with Crippen molar-refractivity contribution in [2.45, 2.75) is 52.5 Å². The van der Waals surface area contributed by atoms with Gasteiger partial charge in [0.2, 0.25) is 0 Å². The van der Waals surface area contributed by atoms with Gasteiger partial charge in [-0.25, -0.2) is 0 Å². The summed E-state index contributed by atoms with van der Waals surface area (Å²) in [5.74, 6) is 0.955. The molecule has 0 spiro atoms. The molecule has 2 atom stereocenters. The molecule has 0 saturated carbocycles. The summed E-state index contributed by atoms with van der Waals surface area (Å²) in [6.07, 6.45) is 1.99. The van der Waals surface area contributed by atoms with E-state index >= 15 is 0 Å². The molecule has 4 nitrogen and oxygen atoms in total. The van der Waals surface area contributed by atoms with E-state index < -0.39 is 8.32 Å². The van der Waals surface area contributed by atoms with Crippen LogP contribution in [0.1, 0.15) is 47.5 Å². The van der Waals surface area contributed by atoms with E-state index in [9.17, 15) is 0 Å². The van der Waals surface area contributed by atoms with Crippen molar-refractivity contribution >= 4 is 18.7 Å². The van der Waals surface area contributed by atoms with E-state index in [2.05, 4.69) is 105 Å². The molecule has 5 heteroatoms. The zero-order valence-electron chi connectivity index (χ0n) is 18.5. The molecule has 2 rings (SSSR count). The van der Waals surface area contributed by atoms with Gasteiger partial charge in [0.15, 0.2) is 0 Å². The van der Waals surface area contributed by atoms with Crippen LogP contribution in [0.5, 0.6) is 0 Å². The summed E-state index contributed by atoms with van der Waals surface area (Å²) < 4.78 is 7.01. The fraction of sp³-hybridized carbons (Fsp3) is 0.500. The lowest BCUT2D eigenvalue weighted by molar-refractivity contribution is 0.221. The molecule has 0 bridgehead atoms. The predicted octanol–water partition coefficient (Wildman–Crippen LogP) is 5.93. The van der Waals surface area contributed by atoms with Crippen LogP contribution < -0.4 is 10.4 Å². The van der Waals surface area contributed by atoms with Crippen LogP contribution in [-0.2, 0) is 4.43 Å². The van der Waals surface area contributed by atoms with E-state index in [-0.39, 0.29) is 5.04 Å². The molecule has 0 aliphatic carbocycles. The Hall–Kier alpha value is -2.07. The number of benzene rings is 2. The Morgan fingerprint density at radius 3 is 1.90 bits per heavy atom. The zero-order chi connectivity index (χ0) is 21.3. The fourth-order valence-electron chi connectivity index (χ4n) is 4.22. The summed E-state index contributed by atoms with van der Waals surface area (Å²) in [7, 11) is -2.46. The third kappa shape index (κ3) is 5.95. The molecule has 2 aromatic carbocycles. The molecule has 0 radical (unpaired) electrons. The van der Waals surface area contributed by atoms with Gasteiger partial charge in [-0.05, 0) is 45.6 Å². The molecular formula is C24H35N3OSi. The molecule has 29 heavy (non-hydrogen) atoms. The molecule has 2 aromatic rings. The van der Waals surface area contributed by atoms with Crippen LogP contribution in [0, 0.1) is 11.8 Å². The van der Waals surface area contributed by atoms with Gasteiger partial charge < -0.3 is 4.43 Å². The lowest BCUT2D eigenvalue weighted by Gasteiger charge is -2.43. The molecule has 156 valence electrons. The lowest BCUT2D eigenvalue weighted by atomic mass is 9.95. The minimum atomic E-state index is -2.46. The first-order chi connectivity index (χ1) is 13.8. The van der Waals surface area contributed by atoms with Crippen LogP contribution in [0.25, 0.3) is 10.4 Å². The summed E-state index contributed by atoms with van der Waals surface area (Å²) in [6.45, 7) is 12.7. The summed E-state index contributed by atoms with van der Waals surface area (Å²) in [5, 5.41) is 6.32. The van der Waals surface area contributed by atoms with Crippen LogP contribution in [-0.4, -0.2) is 21.5 Å². The van der Waals surface area contributed by atoms with Crippen molar-refractivity contribution in [3.05, 3.63) is 71.1 Å². The highest BCUT2D eigenvalue weighted by Crippen LogP contribution is 2.37. The maximum atomic E-state index is 8.47. The number of azide groups is 1. The van der Waals surface area contributed by atoms with Crippen molar-refractivity contribution in [2.24, 2.45) is 17.0 Å². The topological polar surface area (TPSA) is 58.0 Å². The number of rotatable bonds is 10. The van der Waals surface area contributed by atoms with Gasteiger partial charge in [-0.3, -0.25) is 0 Å². The molecule has 0 aliphatic rings. The predicted molar refractivity (Wildman–Crippen MR) is 125 cm³/mol. The highest BCUT2D eigenvalue weighted by molar-refractivity contribution is 6.99. The summed E-state index contributed by atoms with van der Waals surface area (Å²) >= 11 is 0. The Morgan fingerprint density at radius 2 is 1.45 bits per heavy atom.